The van der Waals surface area contributed by atoms with Crippen LogP contribution < -0.4 is 10.8 Å². The van der Waals surface area contributed by atoms with Crippen molar-refractivity contribution >= 4 is 17.8 Å². The van der Waals surface area contributed by atoms with Gasteiger partial charge in [-0.3, -0.25) is 19.2 Å². The number of amides is 2. The number of hydrogen-bond donors (Lipinski definition) is 3. The summed E-state index contributed by atoms with van der Waals surface area (Å²) in [5.41, 5.74) is 2.13. The van der Waals surface area contributed by atoms with Crippen LogP contribution in [0.5, 0.6) is 0 Å². The van der Waals surface area contributed by atoms with E-state index in [0.29, 0.717) is 12.8 Å². The molecule has 18 heavy (non-hydrogen) atoms. The van der Waals surface area contributed by atoms with E-state index < -0.39 is 35.7 Å². The lowest BCUT2D eigenvalue weighted by Gasteiger charge is -2.24. The third kappa shape index (κ3) is 2.51. The average Bonchev–Trinajstić information content (AvgIpc) is 2.75. The number of carbonyl (C=O) groups excluding carboxylic acids is 2. The molecular weight excluding hydrogens is 240 g/mol. The molecule has 7 heteroatoms. The molecule has 1 heterocycles. The fraction of sp³-hybridized carbons (Fsp3) is 0.545. The van der Waals surface area contributed by atoms with Crippen LogP contribution in [0.25, 0.3) is 0 Å². The lowest BCUT2D eigenvalue weighted by molar-refractivity contribution is -0.147. The highest BCUT2D eigenvalue weighted by molar-refractivity contribution is 5.91. The second-order valence-corrected chi connectivity index (χ2v) is 4.33. The SMILES string of the molecule is O=C(O)[C@H]1CC=CC[C@H]1C(=O)N[C@@H]1CONC1=O. The Morgan fingerprint density at radius 2 is 2.00 bits per heavy atom. The zero-order valence-corrected chi connectivity index (χ0v) is 9.59. The monoisotopic (exact) mass is 254 g/mol. The molecule has 98 valence electrons. The highest BCUT2D eigenvalue weighted by Gasteiger charge is 2.36. The number of hydroxylamine groups is 1. The molecular formula is C11H14N2O5. The Balaban J connectivity index is 2.00. The van der Waals surface area contributed by atoms with E-state index in [1.54, 1.807) is 12.2 Å². The van der Waals surface area contributed by atoms with Crippen molar-refractivity contribution in [2.75, 3.05) is 6.61 Å². The molecule has 0 spiro atoms. The summed E-state index contributed by atoms with van der Waals surface area (Å²) in [6.45, 7) is 0.0604. The Hall–Kier alpha value is -1.89. The van der Waals surface area contributed by atoms with Crippen molar-refractivity contribution in [1.29, 1.82) is 0 Å². The van der Waals surface area contributed by atoms with Crippen LogP contribution in [0.1, 0.15) is 12.8 Å². The van der Waals surface area contributed by atoms with E-state index in [1.807, 2.05) is 0 Å². The van der Waals surface area contributed by atoms with E-state index in [1.165, 1.54) is 0 Å². The van der Waals surface area contributed by atoms with Gasteiger partial charge >= 0.3 is 5.97 Å². The molecule has 0 saturated carbocycles. The maximum absolute atomic E-state index is 12.0. The second-order valence-electron chi connectivity index (χ2n) is 4.33. The molecule has 1 saturated heterocycles. The van der Waals surface area contributed by atoms with Crippen molar-refractivity contribution in [3.05, 3.63) is 12.2 Å². The molecule has 3 N–H and O–H groups in total. The maximum Gasteiger partial charge on any atom is 0.307 e. The van der Waals surface area contributed by atoms with Gasteiger partial charge in [0.1, 0.15) is 12.6 Å². The molecule has 0 aromatic heterocycles. The molecule has 2 amide bonds. The first-order chi connectivity index (χ1) is 8.59. The van der Waals surface area contributed by atoms with Crippen LogP contribution in [-0.2, 0) is 19.2 Å². The van der Waals surface area contributed by atoms with Gasteiger partial charge in [-0.25, -0.2) is 5.48 Å². The highest BCUT2D eigenvalue weighted by Crippen LogP contribution is 2.26. The Kier molecular flexibility index (Phi) is 3.61. The zero-order chi connectivity index (χ0) is 13.1. The topological polar surface area (TPSA) is 105 Å². The van der Waals surface area contributed by atoms with Gasteiger partial charge < -0.3 is 10.4 Å². The van der Waals surface area contributed by atoms with E-state index in [9.17, 15) is 14.4 Å². The summed E-state index contributed by atoms with van der Waals surface area (Å²) in [4.78, 5) is 38.9. The van der Waals surface area contributed by atoms with Gasteiger partial charge in [-0.1, -0.05) is 12.2 Å². The summed E-state index contributed by atoms with van der Waals surface area (Å²) in [5, 5.41) is 11.6. The third-order valence-electron chi connectivity index (χ3n) is 3.14. The Labute approximate surface area is 103 Å². The van der Waals surface area contributed by atoms with Crippen molar-refractivity contribution in [3.8, 4) is 0 Å². The molecule has 1 aliphatic heterocycles. The normalized spacial score (nSPS) is 30.9. The Morgan fingerprint density at radius 3 is 2.56 bits per heavy atom. The maximum atomic E-state index is 12.0. The molecule has 0 aromatic rings. The number of aliphatic carboxylic acids is 1. The summed E-state index contributed by atoms with van der Waals surface area (Å²) in [6, 6.07) is -0.738. The number of hydrogen-bond acceptors (Lipinski definition) is 4. The number of carboxylic acid groups (broad SMARTS) is 1. The van der Waals surface area contributed by atoms with E-state index >= 15 is 0 Å². The molecule has 1 aliphatic carbocycles. The van der Waals surface area contributed by atoms with Crippen LogP contribution in [0.2, 0.25) is 0 Å². The lowest BCUT2D eigenvalue weighted by atomic mass is 9.82. The van der Waals surface area contributed by atoms with E-state index in [-0.39, 0.29) is 6.61 Å². The minimum atomic E-state index is -0.994. The predicted octanol–water partition coefficient (Wildman–Crippen LogP) is -0.800. The first kappa shape index (κ1) is 12.6. The molecule has 0 bridgehead atoms. The number of rotatable bonds is 3. The smallest absolute Gasteiger partial charge is 0.307 e. The molecule has 2 aliphatic rings. The summed E-state index contributed by atoms with van der Waals surface area (Å²) >= 11 is 0. The van der Waals surface area contributed by atoms with Crippen LogP contribution in [-0.4, -0.2) is 35.5 Å². The van der Waals surface area contributed by atoms with Gasteiger partial charge in [0.25, 0.3) is 5.91 Å². The third-order valence-corrected chi connectivity index (χ3v) is 3.14. The minimum absolute atomic E-state index is 0.0604. The molecule has 0 aromatic carbocycles. The van der Waals surface area contributed by atoms with Crippen LogP contribution in [0.15, 0.2) is 12.2 Å². The van der Waals surface area contributed by atoms with E-state index in [4.69, 9.17) is 5.11 Å². The molecule has 3 atom stereocenters. The van der Waals surface area contributed by atoms with Crippen molar-refractivity contribution in [2.24, 2.45) is 11.8 Å². The van der Waals surface area contributed by atoms with Gasteiger partial charge in [0, 0.05) is 0 Å². The van der Waals surface area contributed by atoms with E-state index in [2.05, 4.69) is 15.6 Å². The quantitative estimate of drug-likeness (QED) is 0.572. The second kappa shape index (κ2) is 5.18. The van der Waals surface area contributed by atoms with Crippen molar-refractivity contribution in [2.45, 2.75) is 18.9 Å². The fourth-order valence-electron chi connectivity index (χ4n) is 2.11. The molecule has 0 radical (unpaired) electrons. The van der Waals surface area contributed by atoms with Gasteiger partial charge in [-0.05, 0) is 12.8 Å². The Morgan fingerprint density at radius 1 is 1.33 bits per heavy atom. The summed E-state index contributed by atoms with van der Waals surface area (Å²) in [6.07, 6.45) is 4.25. The first-order valence-corrected chi connectivity index (χ1v) is 5.69. The summed E-state index contributed by atoms with van der Waals surface area (Å²) in [5.74, 6) is -3.20. The van der Waals surface area contributed by atoms with Crippen molar-refractivity contribution in [3.63, 3.8) is 0 Å². The lowest BCUT2D eigenvalue weighted by Crippen LogP contribution is -2.47. The number of allylic oxidation sites excluding steroid dienone is 2. The van der Waals surface area contributed by atoms with Crippen molar-refractivity contribution in [1.82, 2.24) is 10.8 Å². The van der Waals surface area contributed by atoms with Gasteiger partial charge in [-0.2, -0.15) is 0 Å². The van der Waals surface area contributed by atoms with Gasteiger partial charge in [0.2, 0.25) is 5.91 Å². The molecule has 7 nitrogen and oxygen atoms in total. The van der Waals surface area contributed by atoms with Gasteiger partial charge in [-0.15, -0.1) is 0 Å². The first-order valence-electron chi connectivity index (χ1n) is 5.69. The largest absolute Gasteiger partial charge is 0.481 e. The summed E-state index contributed by atoms with van der Waals surface area (Å²) in [7, 11) is 0. The van der Waals surface area contributed by atoms with Crippen LogP contribution in [0.3, 0.4) is 0 Å². The van der Waals surface area contributed by atoms with Crippen LogP contribution in [0.4, 0.5) is 0 Å². The van der Waals surface area contributed by atoms with Crippen LogP contribution in [0, 0.1) is 11.8 Å². The average molecular weight is 254 g/mol. The Bertz CT molecular complexity index is 406. The molecule has 2 rings (SSSR count). The van der Waals surface area contributed by atoms with E-state index in [0.717, 1.165) is 0 Å². The van der Waals surface area contributed by atoms with Gasteiger partial charge in [0.15, 0.2) is 0 Å². The zero-order valence-electron chi connectivity index (χ0n) is 9.59. The summed E-state index contributed by atoms with van der Waals surface area (Å²) < 4.78 is 0. The highest BCUT2D eigenvalue weighted by atomic mass is 16.7. The van der Waals surface area contributed by atoms with Crippen molar-refractivity contribution < 1.29 is 24.3 Å². The molecule has 1 fully saturated rings. The number of carboxylic acids is 1. The van der Waals surface area contributed by atoms with Gasteiger partial charge in [0.05, 0.1) is 11.8 Å². The number of nitrogens with one attached hydrogen (secondary N) is 2. The minimum Gasteiger partial charge on any atom is -0.481 e. The fourth-order valence-corrected chi connectivity index (χ4v) is 2.11. The predicted molar refractivity (Wildman–Crippen MR) is 59.0 cm³/mol. The standard InChI is InChI=1S/C11H14N2O5/c14-9(12-8-5-18-13-10(8)15)6-3-1-2-4-7(6)11(16)17/h1-2,6-8H,3-5H2,(H,12,14)(H,13,15)(H,16,17)/t6-,7+,8-/m1/s1. The van der Waals surface area contributed by atoms with Crippen LogP contribution >= 0.6 is 0 Å². The number of carbonyl (C=O) groups is 3. The molecule has 0 unspecified atom stereocenters.